The number of sulfone groups is 1. The molecule has 0 spiro atoms. The number of aliphatic hydroxyl groups excluding tert-OH is 1. The first-order chi connectivity index (χ1) is 14.3. The largest absolute Gasteiger partial charge is 0.382 e. The smallest absolute Gasteiger partial charge is 0.250 e. The van der Waals surface area contributed by atoms with Crippen LogP contribution in [-0.4, -0.2) is 48.1 Å². The van der Waals surface area contributed by atoms with Crippen LogP contribution in [0.3, 0.4) is 0 Å². The number of benzene rings is 2. The molecule has 2 unspecified atom stereocenters. The Bertz CT molecular complexity index is 1110. The van der Waals surface area contributed by atoms with Crippen LogP contribution in [-0.2, 0) is 20.4 Å². The molecule has 0 bridgehead atoms. The van der Waals surface area contributed by atoms with E-state index in [1.54, 1.807) is 43.3 Å². The van der Waals surface area contributed by atoms with E-state index in [4.69, 9.17) is 0 Å². The molecule has 1 heterocycles. The highest BCUT2D eigenvalue weighted by Gasteiger charge is 2.29. The fourth-order valence-electron chi connectivity index (χ4n) is 2.95. The maximum absolute atomic E-state index is 12.8. The van der Waals surface area contributed by atoms with E-state index in [0.717, 1.165) is 4.70 Å². The van der Waals surface area contributed by atoms with Crippen LogP contribution in [0.15, 0.2) is 54.6 Å². The number of Topliss-reactive ketones (excluding diaryl/α,β-unsaturated/α-hetero) is 1. The maximum Gasteiger partial charge on any atom is 0.250 e. The summed E-state index contributed by atoms with van der Waals surface area (Å²) in [6.07, 6.45) is -1.49. The summed E-state index contributed by atoms with van der Waals surface area (Å²) in [6, 6.07) is 14.9. The third-order valence-corrected chi connectivity index (χ3v) is 7.14. The number of aliphatic hydroxyl groups is 1. The molecule has 0 aliphatic rings. The van der Waals surface area contributed by atoms with E-state index < -0.39 is 33.6 Å². The molecule has 0 saturated carbocycles. The topological polar surface area (TPSA) is 113 Å². The summed E-state index contributed by atoms with van der Waals surface area (Å²) in [5, 5.41) is 12.8. The zero-order valence-electron chi connectivity index (χ0n) is 16.3. The summed E-state index contributed by atoms with van der Waals surface area (Å²) < 4.78 is 25.5. The molecular weight excluding hydrogens is 424 g/mol. The number of ketones is 1. The molecule has 30 heavy (non-hydrogen) atoms. The van der Waals surface area contributed by atoms with Crippen LogP contribution in [0, 0.1) is 0 Å². The van der Waals surface area contributed by atoms with E-state index in [9.17, 15) is 23.1 Å². The van der Waals surface area contributed by atoms with Gasteiger partial charge in [0, 0.05) is 0 Å². The van der Waals surface area contributed by atoms with Crippen molar-refractivity contribution in [2.45, 2.75) is 31.2 Å². The van der Waals surface area contributed by atoms with Gasteiger partial charge in [-0.2, -0.15) is 0 Å². The predicted octanol–water partition coefficient (Wildman–Crippen LogP) is 2.35. The molecule has 9 heteroatoms. The van der Waals surface area contributed by atoms with Crippen molar-refractivity contribution >= 4 is 43.1 Å². The number of thiazole rings is 1. The monoisotopic (exact) mass is 446 g/mol. The number of fused-ring (bicyclic) bond motifs is 1. The zero-order chi connectivity index (χ0) is 21.7. The van der Waals surface area contributed by atoms with E-state index in [2.05, 4.69) is 10.3 Å². The van der Waals surface area contributed by atoms with Crippen molar-refractivity contribution in [2.75, 3.05) is 5.75 Å². The minimum Gasteiger partial charge on any atom is -0.382 e. The highest BCUT2D eigenvalue weighted by Crippen LogP contribution is 2.23. The fourth-order valence-corrected chi connectivity index (χ4v) is 5.36. The number of amides is 1. The van der Waals surface area contributed by atoms with Gasteiger partial charge in [-0.15, -0.1) is 11.3 Å². The lowest BCUT2D eigenvalue weighted by Crippen LogP contribution is -2.47. The van der Waals surface area contributed by atoms with E-state index in [1.165, 1.54) is 11.3 Å². The second-order valence-corrected chi connectivity index (χ2v) is 10.0. The maximum atomic E-state index is 12.8. The molecule has 3 rings (SSSR count). The third-order valence-electron chi connectivity index (χ3n) is 4.49. The average Bonchev–Trinajstić information content (AvgIpc) is 3.15. The Kier molecular flexibility index (Phi) is 6.96. The normalized spacial score (nSPS) is 13.7. The highest BCUT2D eigenvalue weighted by atomic mass is 32.2. The molecule has 2 N–H and O–H groups in total. The Balaban J connectivity index is 1.64. The summed E-state index contributed by atoms with van der Waals surface area (Å²) in [4.78, 5) is 29.4. The number of hydrogen-bond acceptors (Lipinski definition) is 7. The van der Waals surface area contributed by atoms with Crippen LogP contribution in [0.4, 0.5) is 0 Å². The lowest BCUT2D eigenvalue weighted by Gasteiger charge is -2.17. The van der Waals surface area contributed by atoms with Gasteiger partial charge in [-0.25, -0.2) is 13.4 Å². The fraction of sp³-hybridized carbons (Fsp3) is 0.286. The van der Waals surface area contributed by atoms with Gasteiger partial charge in [-0.3, -0.25) is 9.59 Å². The number of carbonyl (C=O) groups excluding carboxylic acids is 2. The zero-order valence-corrected chi connectivity index (χ0v) is 17.9. The van der Waals surface area contributed by atoms with Gasteiger partial charge in [-0.1, -0.05) is 49.4 Å². The Hall–Kier alpha value is -2.62. The summed E-state index contributed by atoms with van der Waals surface area (Å²) >= 11 is 1.23. The van der Waals surface area contributed by atoms with Gasteiger partial charge < -0.3 is 10.4 Å². The van der Waals surface area contributed by atoms with Gasteiger partial charge in [0.25, 0.3) is 0 Å². The number of hydrogen-bond donors (Lipinski definition) is 2. The average molecular weight is 447 g/mol. The van der Waals surface area contributed by atoms with E-state index in [0.29, 0.717) is 11.1 Å². The van der Waals surface area contributed by atoms with Gasteiger partial charge in [0.1, 0.15) is 6.10 Å². The predicted molar refractivity (Wildman–Crippen MR) is 116 cm³/mol. The molecule has 1 amide bonds. The molecule has 3 aromatic rings. The first-order valence-corrected chi connectivity index (χ1v) is 12.1. The van der Waals surface area contributed by atoms with E-state index in [-0.39, 0.29) is 23.0 Å². The summed E-state index contributed by atoms with van der Waals surface area (Å²) in [6.45, 7) is 1.72. The third kappa shape index (κ3) is 5.50. The number of carbonyl (C=O) groups is 2. The van der Waals surface area contributed by atoms with Crippen LogP contribution >= 0.6 is 11.3 Å². The first-order valence-electron chi connectivity index (χ1n) is 9.41. The highest BCUT2D eigenvalue weighted by molar-refractivity contribution is 7.90. The molecule has 0 aliphatic carbocycles. The summed E-state index contributed by atoms with van der Waals surface area (Å²) in [5.41, 5.74) is 1.27. The minimum absolute atomic E-state index is 0.259. The van der Waals surface area contributed by atoms with Crippen LogP contribution in [0.25, 0.3) is 10.2 Å². The first kappa shape index (κ1) is 22.1. The number of nitrogens with one attached hydrogen (secondary N) is 1. The molecule has 0 saturated heterocycles. The Morgan fingerprint density at radius 1 is 1.10 bits per heavy atom. The van der Waals surface area contributed by atoms with Crippen LogP contribution in [0.5, 0.6) is 0 Å². The van der Waals surface area contributed by atoms with Crippen LogP contribution in [0.1, 0.15) is 28.7 Å². The minimum atomic E-state index is -3.72. The SMILES string of the molecule is CCC(NC(=O)C(O)CS(=O)(=O)Cc1ccccc1)C(=O)c1nc2ccccc2s1. The molecular formula is C21H22N2O5S2. The van der Waals surface area contributed by atoms with E-state index in [1.807, 2.05) is 18.2 Å². The standard InChI is InChI=1S/C21H22N2O5S2/c1-2-15(19(25)21-23-16-10-6-7-11-18(16)29-21)22-20(26)17(24)13-30(27,28)12-14-8-4-3-5-9-14/h3-11,15,17,24H,2,12-13H2,1H3,(H,22,26). The van der Waals surface area contributed by atoms with Crippen molar-refractivity contribution in [3.05, 3.63) is 65.2 Å². The molecule has 2 atom stereocenters. The van der Waals surface area contributed by atoms with Crippen molar-refractivity contribution in [2.24, 2.45) is 0 Å². The van der Waals surface area contributed by atoms with Crippen LogP contribution in [0.2, 0.25) is 0 Å². The van der Waals surface area contributed by atoms with Crippen molar-refractivity contribution in [1.82, 2.24) is 10.3 Å². The summed E-state index contributed by atoms with van der Waals surface area (Å²) in [7, 11) is -3.72. The number of rotatable bonds is 9. The molecule has 0 fully saturated rings. The van der Waals surface area contributed by atoms with Crippen molar-refractivity contribution in [1.29, 1.82) is 0 Å². The lowest BCUT2D eigenvalue weighted by atomic mass is 10.1. The molecule has 7 nitrogen and oxygen atoms in total. The molecule has 0 radical (unpaired) electrons. The van der Waals surface area contributed by atoms with Crippen molar-refractivity contribution in [3.8, 4) is 0 Å². The Morgan fingerprint density at radius 2 is 1.77 bits per heavy atom. The van der Waals surface area contributed by atoms with Gasteiger partial charge in [0.2, 0.25) is 11.7 Å². The lowest BCUT2D eigenvalue weighted by molar-refractivity contribution is -0.128. The van der Waals surface area contributed by atoms with Gasteiger partial charge >= 0.3 is 0 Å². The number of aromatic nitrogens is 1. The Labute approximate surface area is 178 Å². The Morgan fingerprint density at radius 3 is 2.43 bits per heavy atom. The number of nitrogens with zero attached hydrogens (tertiary/aromatic N) is 1. The van der Waals surface area contributed by atoms with E-state index >= 15 is 0 Å². The molecule has 158 valence electrons. The van der Waals surface area contributed by atoms with Gasteiger partial charge in [-0.05, 0) is 24.1 Å². The molecule has 0 aliphatic heterocycles. The van der Waals surface area contributed by atoms with Gasteiger partial charge in [0.15, 0.2) is 14.8 Å². The summed E-state index contributed by atoms with van der Waals surface area (Å²) in [5.74, 6) is -2.26. The van der Waals surface area contributed by atoms with Crippen molar-refractivity contribution in [3.63, 3.8) is 0 Å². The second kappa shape index (κ2) is 9.46. The quantitative estimate of drug-likeness (QED) is 0.488. The molecule has 2 aromatic carbocycles. The van der Waals surface area contributed by atoms with Crippen LogP contribution < -0.4 is 5.32 Å². The number of para-hydroxylation sites is 1. The van der Waals surface area contributed by atoms with Gasteiger partial charge in [0.05, 0.1) is 27.8 Å². The molecule has 1 aromatic heterocycles. The second-order valence-electron chi connectivity index (χ2n) is 6.88. The van der Waals surface area contributed by atoms with Crippen molar-refractivity contribution < 1.29 is 23.1 Å².